The van der Waals surface area contributed by atoms with Gasteiger partial charge in [0.1, 0.15) is 6.54 Å². The maximum Gasteiger partial charge on any atom is 0.240 e. The second kappa shape index (κ2) is 7.41. The summed E-state index contributed by atoms with van der Waals surface area (Å²) >= 11 is 0. The van der Waals surface area contributed by atoms with Gasteiger partial charge in [-0.1, -0.05) is 42.5 Å². The van der Waals surface area contributed by atoms with Crippen LogP contribution in [0.25, 0.3) is 0 Å². The van der Waals surface area contributed by atoms with Crippen LogP contribution in [0.1, 0.15) is 18.1 Å². The first-order valence-electron chi connectivity index (χ1n) is 7.21. The molecular weight excluding hydrogens is 276 g/mol. The molecule has 2 amide bonds. The Morgan fingerprint density at radius 2 is 1.77 bits per heavy atom. The maximum absolute atomic E-state index is 12.1. The summed E-state index contributed by atoms with van der Waals surface area (Å²) in [5, 5.41) is 2.84. The van der Waals surface area contributed by atoms with Gasteiger partial charge in [0.05, 0.1) is 0 Å². The lowest BCUT2D eigenvalue weighted by molar-refractivity contribution is -0.123. The van der Waals surface area contributed by atoms with Crippen molar-refractivity contribution in [3.8, 4) is 0 Å². The minimum Gasteiger partial charge on any atom is -0.350 e. The molecule has 4 heteroatoms. The van der Waals surface area contributed by atoms with Crippen molar-refractivity contribution in [1.29, 1.82) is 0 Å². The van der Waals surface area contributed by atoms with Crippen LogP contribution in [0.3, 0.4) is 0 Å². The summed E-state index contributed by atoms with van der Waals surface area (Å²) in [5.74, 6) is -0.332. The van der Waals surface area contributed by atoms with Crippen molar-refractivity contribution in [3.05, 3.63) is 65.7 Å². The quantitative estimate of drug-likeness (QED) is 0.922. The third-order valence-corrected chi connectivity index (χ3v) is 3.33. The second-order valence-corrected chi connectivity index (χ2v) is 5.21. The first-order chi connectivity index (χ1) is 10.6. The molecule has 0 fully saturated rings. The molecule has 0 unspecified atom stereocenters. The number of rotatable bonds is 5. The number of benzene rings is 2. The van der Waals surface area contributed by atoms with E-state index in [1.54, 1.807) is 0 Å². The molecule has 0 atom stereocenters. The SMILES string of the molecule is CC(=O)N(CC(=O)NCc1ccccc1)c1cccc(C)c1. The Bertz CT molecular complexity index is 653. The second-order valence-electron chi connectivity index (χ2n) is 5.21. The fourth-order valence-electron chi connectivity index (χ4n) is 2.18. The fraction of sp³-hybridized carbons (Fsp3) is 0.222. The average molecular weight is 296 g/mol. The van der Waals surface area contributed by atoms with Gasteiger partial charge in [-0.25, -0.2) is 0 Å². The summed E-state index contributed by atoms with van der Waals surface area (Å²) in [6.07, 6.45) is 0. The van der Waals surface area contributed by atoms with E-state index in [9.17, 15) is 9.59 Å². The van der Waals surface area contributed by atoms with E-state index >= 15 is 0 Å². The summed E-state index contributed by atoms with van der Waals surface area (Å²) in [6, 6.07) is 17.2. The molecule has 0 saturated heterocycles. The van der Waals surface area contributed by atoms with E-state index in [1.807, 2.05) is 61.5 Å². The van der Waals surface area contributed by atoms with Gasteiger partial charge in [-0.05, 0) is 30.2 Å². The molecule has 1 N–H and O–H groups in total. The van der Waals surface area contributed by atoms with E-state index in [2.05, 4.69) is 5.32 Å². The summed E-state index contributed by atoms with van der Waals surface area (Å²) in [7, 11) is 0. The fourth-order valence-corrected chi connectivity index (χ4v) is 2.18. The van der Waals surface area contributed by atoms with Crippen molar-refractivity contribution in [2.24, 2.45) is 0 Å². The van der Waals surface area contributed by atoms with Crippen molar-refractivity contribution in [1.82, 2.24) is 5.32 Å². The summed E-state index contributed by atoms with van der Waals surface area (Å²) in [5.41, 5.74) is 2.82. The predicted molar refractivity (Wildman–Crippen MR) is 87.5 cm³/mol. The zero-order chi connectivity index (χ0) is 15.9. The molecular formula is C18H20N2O2. The molecule has 0 saturated carbocycles. The van der Waals surface area contributed by atoms with Crippen LogP contribution >= 0.6 is 0 Å². The van der Waals surface area contributed by atoms with E-state index in [0.717, 1.165) is 16.8 Å². The highest BCUT2D eigenvalue weighted by atomic mass is 16.2. The van der Waals surface area contributed by atoms with E-state index in [-0.39, 0.29) is 18.4 Å². The van der Waals surface area contributed by atoms with Crippen LogP contribution in [0.5, 0.6) is 0 Å². The molecule has 0 heterocycles. The lowest BCUT2D eigenvalue weighted by Crippen LogP contribution is -2.39. The molecule has 2 rings (SSSR count). The van der Waals surface area contributed by atoms with Crippen LogP contribution in [0.15, 0.2) is 54.6 Å². The average Bonchev–Trinajstić information content (AvgIpc) is 2.51. The van der Waals surface area contributed by atoms with Gasteiger partial charge in [-0.15, -0.1) is 0 Å². The van der Waals surface area contributed by atoms with Gasteiger partial charge in [-0.3, -0.25) is 9.59 Å². The summed E-state index contributed by atoms with van der Waals surface area (Å²) in [6.45, 7) is 3.90. The van der Waals surface area contributed by atoms with Crippen LogP contribution in [0, 0.1) is 6.92 Å². The molecule has 0 aliphatic heterocycles. The number of carbonyl (C=O) groups is 2. The Hall–Kier alpha value is -2.62. The molecule has 4 nitrogen and oxygen atoms in total. The monoisotopic (exact) mass is 296 g/mol. The molecule has 2 aromatic rings. The number of nitrogens with one attached hydrogen (secondary N) is 1. The zero-order valence-electron chi connectivity index (χ0n) is 12.9. The Kier molecular flexibility index (Phi) is 5.31. The molecule has 0 aliphatic rings. The lowest BCUT2D eigenvalue weighted by atomic mass is 10.2. The van der Waals surface area contributed by atoms with Gasteiger partial charge < -0.3 is 10.2 Å². The number of anilines is 1. The van der Waals surface area contributed by atoms with Gasteiger partial charge in [-0.2, -0.15) is 0 Å². The summed E-state index contributed by atoms with van der Waals surface area (Å²) in [4.78, 5) is 25.4. The Labute approximate surface area is 130 Å². The van der Waals surface area contributed by atoms with Gasteiger partial charge >= 0.3 is 0 Å². The van der Waals surface area contributed by atoms with Crippen LogP contribution in [0.2, 0.25) is 0 Å². The third kappa shape index (κ3) is 4.45. The molecule has 22 heavy (non-hydrogen) atoms. The topological polar surface area (TPSA) is 49.4 Å². The highest BCUT2D eigenvalue weighted by Crippen LogP contribution is 2.15. The van der Waals surface area contributed by atoms with Gasteiger partial charge in [0.15, 0.2) is 0 Å². The normalized spacial score (nSPS) is 10.1. The van der Waals surface area contributed by atoms with Crippen LogP contribution in [-0.4, -0.2) is 18.4 Å². The number of hydrogen-bond acceptors (Lipinski definition) is 2. The minimum atomic E-state index is -0.180. The molecule has 0 aromatic heterocycles. The number of aryl methyl sites for hydroxylation is 1. The smallest absolute Gasteiger partial charge is 0.240 e. The van der Waals surface area contributed by atoms with Gasteiger partial charge in [0.25, 0.3) is 0 Å². The molecule has 114 valence electrons. The number of hydrogen-bond donors (Lipinski definition) is 1. The number of amides is 2. The lowest BCUT2D eigenvalue weighted by Gasteiger charge is -2.21. The van der Waals surface area contributed by atoms with E-state index < -0.39 is 0 Å². The van der Waals surface area contributed by atoms with Crippen molar-refractivity contribution in [3.63, 3.8) is 0 Å². The maximum atomic E-state index is 12.1. The van der Waals surface area contributed by atoms with Crippen LogP contribution in [-0.2, 0) is 16.1 Å². The number of carbonyl (C=O) groups excluding carboxylic acids is 2. The van der Waals surface area contributed by atoms with Gasteiger partial charge in [0.2, 0.25) is 11.8 Å². The zero-order valence-corrected chi connectivity index (χ0v) is 12.9. The van der Waals surface area contributed by atoms with Crippen molar-refractivity contribution >= 4 is 17.5 Å². The third-order valence-electron chi connectivity index (χ3n) is 3.33. The van der Waals surface area contributed by atoms with E-state index in [4.69, 9.17) is 0 Å². The van der Waals surface area contributed by atoms with Gasteiger partial charge in [0, 0.05) is 19.2 Å². The minimum absolute atomic E-state index is 0.0195. The van der Waals surface area contributed by atoms with Crippen LogP contribution < -0.4 is 10.2 Å². The predicted octanol–water partition coefficient (Wildman–Crippen LogP) is 2.66. The molecule has 2 aromatic carbocycles. The molecule has 0 aliphatic carbocycles. The van der Waals surface area contributed by atoms with Crippen molar-refractivity contribution in [2.45, 2.75) is 20.4 Å². The van der Waals surface area contributed by atoms with E-state index in [1.165, 1.54) is 11.8 Å². The van der Waals surface area contributed by atoms with E-state index in [0.29, 0.717) is 6.54 Å². The van der Waals surface area contributed by atoms with Crippen LogP contribution in [0.4, 0.5) is 5.69 Å². The Balaban J connectivity index is 1.99. The molecule has 0 spiro atoms. The molecule has 0 radical (unpaired) electrons. The first-order valence-corrected chi connectivity index (χ1v) is 7.21. The van der Waals surface area contributed by atoms with Crippen molar-refractivity contribution < 1.29 is 9.59 Å². The Morgan fingerprint density at radius 1 is 1.05 bits per heavy atom. The Morgan fingerprint density at radius 3 is 2.41 bits per heavy atom. The van der Waals surface area contributed by atoms with Crippen molar-refractivity contribution in [2.75, 3.05) is 11.4 Å². The molecule has 0 bridgehead atoms. The standard InChI is InChI=1S/C18H20N2O2/c1-14-7-6-10-17(11-14)20(15(2)21)13-18(22)19-12-16-8-4-3-5-9-16/h3-11H,12-13H2,1-2H3,(H,19,22). The highest BCUT2D eigenvalue weighted by molar-refractivity contribution is 5.97. The first kappa shape index (κ1) is 15.8. The number of nitrogens with zero attached hydrogens (tertiary/aromatic N) is 1. The summed E-state index contributed by atoms with van der Waals surface area (Å²) < 4.78 is 0. The highest BCUT2D eigenvalue weighted by Gasteiger charge is 2.15. The largest absolute Gasteiger partial charge is 0.350 e.